The summed E-state index contributed by atoms with van der Waals surface area (Å²) in [7, 11) is 0. The van der Waals surface area contributed by atoms with Crippen molar-refractivity contribution in [1.82, 2.24) is 0 Å². The van der Waals surface area contributed by atoms with E-state index in [1.165, 1.54) is 0 Å². The third kappa shape index (κ3) is 2.38. The maximum atomic E-state index is 6.11. The monoisotopic (exact) mass is 251 g/mol. The SMILES string of the molecule is NCc1ccc(-c2cccc(Cl)c2)cc1Cl. The smallest absolute Gasteiger partial charge is 0.0457 e. The van der Waals surface area contributed by atoms with Crippen LogP contribution in [0.15, 0.2) is 42.5 Å². The fourth-order valence-corrected chi connectivity index (χ4v) is 2.01. The van der Waals surface area contributed by atoms with Crippen molar-refractivity contribution in [2.24, 2.45) is 5.73 Å². The molecule has 1 nitrogen and oxygen atoms in total. The van der Waals surface area contributed by atoms with Crippen molar-refractivity contribution in [2.75, 3.05) is 0 Å². The molecule has 0 saturated heterocycles. The van der Waals surface area contributed by atoms with Crippen molar-refractivity contribution >= 4 is 23.2 Å². The first-order chi connectivity index (χ1) is 7.70. The summed E-state index contributed by atoms with van der Waals surface area (Å²) in [6, 6.07) is 13.5. The number of hydrogen-bond acceptors (Lipinski definition) is 1. The molecule has 2 aromatic rings. The van der Waals surface area contributed by atoms with Crippen molar-refractivity contribution < 1.29 is 0 Å². The molecule has 0 amide bonds. The summed E-state index contributed by atoms with van der Waals surface area (Å²) in [5.41, 5.74) is 8.61. The van der Waals surface area contributed by atoms with Gasteiger partial charge in [0.2, 0.25) is 0 Å². The Balaban J connectivity index is 2.45. The summed E-state index contributed by atoms with van der Waals surface area (Å²) >= 11 is 12.0. The highest BCUT2D eigenvalue weighted by molar-refractivity contribution is 6.32. The van der Waals surface area contributed by atoms with Gasteiger partial charge >= 0.3 is 0 Å². The summed E-state index contributed by atoms with van der Waals surface area (Å²) in [5, 5.41) is 1.41. The van der Waals surface area contributed by atoms with Gasteiger partial charge in [-0.15, -0.1) is 0 Å². The van der Waals surface area contributed by atoms with Crippen LogP contribution in [0.2, 0.25) is 10.0 Å². The van der Waals surface area contributed by atoms with E-state index >= 15 is 0 Å². The van der Waals surface area contributed by atoms with Gasteiger partial charge in [-0.3, -0.25) is 0 Å². The van der Waals surface area contributed by atoms with Crippen LogP contribution in [0.1, 0.15) is 5.56 Å². The first kappa shape index (κ1) is 11.5. The average Bonchev–Trinajstić information content (AvgIpc) is 2.29. The Morgan fingerprint density at radius 2 is 1.69 bits per heavy atom. The highest BCUT2D eigenvalue weighted by Crippen LogP contribution is 2.27. The number of halogens is 2. The minimum atomic E-state index is 0.453. The molecule has 16 heavy (non-hydrogen) atoms. The lowest BCUT2D eigenvalue weighted by Crippen LogP contribution is -1.96. The minimum Gasteiger partial charge on any atom is -0.326 e. The van der Waals surface area contributed by atoms with Crippen molar-refractivity contribution in [3.05, 3.63) is 58.1 Å². The summed E-state index contributed by atoms with van der Waals surface area (Å²) < 4.78 is 0. The van der Waals surface area contributed by atoms with E-state index in [2.05, 4.69) is 0 Å². The first-order valence-corrected chi connectivity index (χ1v) is 5.71. The van der Waals surface area contributed by atoms with Gasteiger partial charge in [-0.05, 0) is 34.9 Å². The summed E-state index contributed by atoms with van der Waals surface area (Å²) in [6.45, 7) is 0.453. The normalized spacial score (nSPS) is 10.4. The van der Waals surface area contributed by atoms with Gasteiger partial charge in [0.1, 0.15) is 0 Å². The Morgan fingerprint density at radius 3 is 2.31 bits per heavy atom. The molecule has 0 fully saturated rings. The zero-order valence-corrected chi connectivity index (χ0v) is 10.1. The highest BCUT2D eigenvalue weighted by Gasteiger charge is 2.02. The van der Waals surface area contributed by atoms with E-state index in [0.29, 0.717) is 11.6 Å². The largest absolute Gasteiger partial charge is 0.326 e. The molecule has 2 rings (SSSR count). The number of nitrogens with two attached hydrogens (primary N) is 1. The van der Waals surface area contributed by atoms with Crippen LogP contribution in [0.4, 0.5) is 0 Å². The van der Waals surface area contributed by atoms with Crippen molar-refractivity contribution in [2.45, 2.75) is 6.54 Å². The van der Waals surface area contributed by atoms with Gasteiger partial charge in [0.05, 0.1) is 0 Å². The molecule has 0 saturated carbocycles. The Kier molecular flexibility index (Phi) is 3.49. The van der Waals surface area contributed by atoms with Gasteiger partial charge in [-0.2, -0.15) is 0 Å². The van der Waals surface area contributed by atoms with Crippen LogP contribution in [0.25, 0.3) is 11.1 Å². The van der Waals surface area contributed by atoms with Gasteiger partial charge in [-0.1, -0.05) is 47.5 Å². The van der Waals surface area contributed by atoms with Crippen molar-refractivity contribution in [3.8, 4) is 11.1 Å². The molecule has 3 heteroatoms. The van der Waals surface area contributed by atoms with Crippen LogP contribution in [0, 0.1) is 0 Å². The summed E-state index contributed by atoms with van der Waals surface area (Å²) in [6.07, 6.45) is 0. The molecule has 0 aliphatic carbocycles. The van der Waals surface area contributed by atoms with Crippen molar-refractivity contribution in [1.29, 1.82) is 0 Å². The van der Waals surface area contributed by atoms with Gasteiger partial charge in [-0.25, -0.2) is 0 Å². The van der Waals surface area contributed by atoms with E-state index in [0.717, 1.165) is 21.7 Å². The van der Waals surface area contributed by atoms with Gasteiger partial charge in [0, 0.05) is 16.6 Å². The molecule has 0 aliphatic rings. The first-order valence-electron chi connectivity index (χ1n) is 4.95. The molecule has 0 spiro atoms. The number of hydrogen-bond donors (Lipinski definition) is 1. The van der Waals surface area contributed by atoms with E-state index in [-0.39, 0.29) is 0 Å². The van der Waals surface area contributed by atoms with Crippen molar-refractivity contribution in [3.63, 3.8) is 0 Å². The lowest BCUT2D eigenvalue weighted by atomic mass is 10.0. The van der Waals surface area contributed by atoms with Crippen LogP contribution in [0.3, 0.4) is 0 Å². The third-order valence-corrected chi connectivity index (χ3v) is 3.02. The fraction of sp³-hybridized carbons (Fsp3) is 0.0769. The summed E-state index contributed by atoms with van der Waals surface area (Å²) in [5.74, 6) is 0. The molecule has 0 atom stereocenters. The van der Waals surface area contributed by atoms with E-state index in [1.807, 2.05) is 42.5 Å². The Hall–Kier alpha value is -1.02. The molecule has 82 valence electrons. The molecule has 0 aliphatic heterocycles. The maximum absolute atomic E-state index is 6.11. The van der Waals surface area contributed by atoms with Gasteiger partial charge < -0.3 is 5.73 Å². The molecule has 0 unspecified atom stereocenters. The zero-order valence-electron chi connectivity index (χ0n) is 8.58. The molecule has 2 N–H and O–H groups in total. The topological polar surface area (TPSA) is 26.0 Å². The molecule has 0 radical (unpaired) electrons. The van der Waals surface area contributed by atoms with E-state index in [9.17, 15) is 0 Å². The zero-order chi connectivity index (χ0) is 11.5. The molecule has 0 aromatic heterocycles. The second-order valence-corrected chi connectivity index (χ2v) is 4.36. The molecule has 2 aromatic carbocycles. The second kappa shape index (κ2) is 4.88. The van der Waals surface area contributed by atoms with E-state index < -0.39 is 0 Å². The van der Waals surface area contributed by atoms with Crippen LogP contribution in [-0.2, 0) is 6.54 Å². The lowest BCUT2D eigenvalue weighted by Gasteiger charge is -2.06. The summed E-state index contributed by atoms with van der Waals surface area (Å²) in [4.78, 5) is 0. The van der Waals surface area contributed by atoms with Gasteiger partial charge in [0.15, 0.2) is 0 Å². The maximum Gasteiger partial charge on any atom is 0.0457 e. The van der Waals surface area contributed by atoms with Gasteiger partial charge in [0.25, 0.3) is 0 Å². The van der Waals surface area contributed by atoms with Crippen LogP contribution in [0.5, 0.6) is 0 Å². The van der Waals surface area contributed by atoms with E-state index in [4.69, 9.17) is 28.9 Å². The molecule has 0 bridgehead atoms. The van der Waals surface area contributed by atoms with E-state index in [1.54, 1.807) is 0 Å². The van der Waals surface area contributed by atoms with Crippen LogP contribution < -0.4 is 5.73 Å². The Labute approximate surface area is 105 Å². The minimum absolute atomic E-state index is 0.453. The quantitative estimate of drug-likeness (QED) is 0.854. The predicted octanol–water partition coefficient (Wildman–Crippen LogP) is 4.12. The van der Waals surface area contributed by atoms with Crippen LogP contribution >= 0.6 is 23.2 Å². The lowest BCUT2D eigenvalue weighted by molar-refractivity contribution is 1.07. The molecular formula is C13H11Cl2N. The number of rotatable bonds is 2. The predicted molar refractivity (Wildman–Crippen MR) is 69.8 cm³/mol. The molecular weight excluding hydrogens is 241 g/mol. The Morgan fingerprint density at radius 1 is 0.938 bits per heavy atom. The number of benzene rings is 2. The molecule has 0 heterocycles. The highest BCUT2D eigenvalue weighted by atomic mass is 35.5. The standard InChI is InChI=1S/C13H11Cl2N/c14-12-3-1-2-9(6-12)10-4-5-11(8-16)13(15)7-10/h1-7H,8,16H2. The Bertz CT molecular complexity index is 509. The second-order valence-electron chi connectivity index (χ2n) is 3.52. The fourth-order valence-electron chi connectivity index (χ4n) is 1.56. The average molecular weight is 252 g/mol. The van der Waals surface area contributed by atoms with Crippen LogP contribution in [-0.4, -0.2) is 0 Å². The third-order valence-electron chi connectivity index (χ3n) is 2.43.